The minimum atomic E-state index is -0.508. The molecule has 158 valence electrons. The van der Waals surface area contributed by atoms with Gasteiger partial charge >= 0.3 is 5.97 Å². The van der Waals surface area contributed by atoms with Gasteiger partial charge in [-0.2, -0.15) is 0 Å². The third-order valence-corrected chi connectivity index (χ3v) is 6.16. The summed E-state index contributed by atoms with van der Waals surface area (Å²) in [6, 6.07) is 11.2. The Hall–Kier alpha value is -3.17. The number of aromatic nitrogens is 2. The average molecular weight is 454 g/mol. The lowest BCUT2D eigenvalue weighted by atomic mass is 10.1. The fourth-order valence-electron chi connectivity index (χ4n) is 3.04. The molecule has 0 spiro atoms. The first-order valence-corrected chi connectivity index (χ1v) is 11.4. The number of fused-ring (bicyclic) bond motifs is 1. The molecule has 7 nitrogen and oxygen atoms in total. The number of nitrogens with zero attached hydrogens (tertiary/aromatic N) is 2. The van der Waals surface area contributed by atoms with Crippen LogP contribution in [0.1, 0.15) is 23.0 Å². The predicted octanol–water partition coefficient (Wildman–Crippen LogP) is 5.17. The molecule has 0 aliphatic rings. The molecule has 9 heteroatoms. The first kappa shape index (κ1) is 21.1. The lowest BCUT2D eigenvalue weighted by molar-refractivity contribution is -0.113. The van der Waals surface area contributed by atoms with Crippen LogP contribution in [0.3, 0.4) is 0 Å². The molecule has 0 atom stereocenters. The molecule has 3 aromatic heterocycles. The minimum absolute atomic E-state index is 0.105. The van der Waals surface area contributed by atoms with Gasteiger partial charge in [-0.25, -0.2) is 14.8 Å². The molecule has 4 aromatic rings. The Bertz CT molecular complexity index is 1240. The second kappa shape index (κ2) is 9.32. The molecule has 1 N–H and O–H groups in total. The number of hydrogen-bond acceptors (Lipinski definition) is 8. The van der Waals surface area contributed by atoms with Crippen LogP contribution in [0, 0.1) is 6.92 Å². The summed E-state index contributed by atoms with van der Waals surface area (Å²) < 4.78 is 10.6. The van der Waals surface area contributed by atoms with Crippen LogP contribution < -0.4 is 5.32 Å². The Labute approximate surface area is 186 Å². The lowest BCUT2D eigenvalue weighted by Gasteiger charge is -2.08. The van der Waals surface area contributed by atoms with E-state index in [1.165, 1.54) is 29.4 Å². The van der Waals surface area contributed by atoms with E-state index in [0.29, 0.717) is 21.5 Å². The number of carbonyl (C=O) groups is 2. The van der Waals surface area contributed by atoms with Gasteiger partial charge in [0.1, 0.15) is 16.3 Å². The van der Waals surface area contributed by atoms with Crippen molar-refractivity contribution >= 4 is 50.9 Å². The zero-order chi connectivity index (χ0) is 21.8. The SMILES string of the molecule is CCOC(=O)c1c(-c2ccco2)csc1NC(=O)CSc1nc(C)c2ccccc2n1. The Morgan fingerprint density at radius 2 is 2.03 bits per heavy atom. The highest BCUT2D eigenvalue weighted by Gasteiger charge is 2.24. The molecule has 4 rings (SSSR count). The molecule has 0 bridgehead atoms. The van der Waals surface area contributed by atoms with Gasteiger partial charge in [-0.1, -0.05) is 30.0 Å². The highest BCUT2D eigenvalue weighted by Crippen LogP contribution is 2.36. The van der Waals surface area contributed by atoms with Gasteiger partial charge < -0.3 is 14.5 Å². The number of thioether (sulfide) groups is 1. The summed E-state index contributed by atoms with van der Waals surface area (Å²) in [5.41, 5.74) is 2.58. The van der Waals surface area contributed by atoms with E-state index in [0.717, 1.165) is 16.6 Å². The van der Waals surface area contributed by atoms with Crippen molar-refractivity contribution in [3.05, 3.63) is 59.3 Å². The summed E-state index contributed by atoms with van der Waals surface area (Å²) in [4.78, 5) is 34.1. The van der Waals surface area contributed by atoms with E-state index in [1.54, 1.807) is 24.4 Å². The quantitative estimate of drug-likeness (QED) is 0.234. The number of para-hydroxylation sites is 1. The van der Waals surface area contributed by atoms with Crippen molar-refractivity contribution in [3.63, 3.8) is 0 Å². The number of ether oxygens (including phenoxy) is 1. The van der Waals surface area contributed by atoms with Gasteiger partial charge in [0, 0.05) is 22.0 Å². The minimum Gasteiger partial charge on any atom is -0.464 e. The number of carbonyl (C=O) groups excluding carboxylic acids is 2. The molecule has 0 radical (unpaired) electrons. The molecular weight excluding hydrogens is 434 g/mol. The Morgan fingerprint density at radius 1 is 1.19 bits per heavy atom. The maximum Gasteiger partial charge on any atom is 0.341 e. The number of furan rings is 1. The molecule has 0 saturated carbocycles. The van der Waals surface area contributed by atoms with E-state index in [-0.39, 0.29) is 23.8 Å². The molecule has 1 aromatic carbocycles. The van der Waals surface area contributed by atoms with Crippen LogP contribution in [-0.4, -0.2) is 34.2 Å². The highest BCUT2D eigenvalue weighted by molar-refractivity contribution is 7.99. The van der Waals surface area contributed by atoms with Crippen LogP contribution in [0.5, 0.6) is 0 Å². The molecule has 0 fully saturated rings. The maximum absolute atomic E-state index is 12.6. The monoisotopic (exact) mass is 453 g/mol. The number of esters is 1. The number of nitrogens with one attached hydrogen (secondary N) is 1. The first-order chi connectivity index (χ1) is 15.1. The largest absolute Gasteiger partial charge is 0.464 e. The third-order valence-electron chi connectivity index (χ3n) is 4.42. The summed E-state index contributed by atoms with van der Waals surface area (Å²) >= 11 is 2.49. The maximum atomic E-state index is 12.6. The number of thiophene rings is 1. The fourth-order valence-corrected chi connectivity index (χ4v) is 4.69. The Kier molecular flexibility index (Phi) is 6.34. The van der Waals surface area contributed by atoms with Gasteiger partial charge in [0.15, 0.2) is 5.16 Å². The number of rotatable bonds is 7. The van der Waals surface area contributed by atoms with Crippen LogP contribution in [0.15, 0.2) is 57.6 Å². The van der Waals surface area contributed by atoms with Crippen molar-refractivity contribution in [2.75, 3.05) is 17.7 Å². The average Bonchev–Trinajstić information content (AvgIpc) is 3.42. The Balaban J connectivity index is 1.50. The summed E-state index contributed by atoms with van der Waals surface area (Å²) in [6.45, 7) is 3.88. The van der Waals surface area contributed by atoms with Gasteiger partial charge in [0.25, 0.3) is 0 Å². The van der Waals surface area contributed by atoms with E-state index >= 15 is 0 Å². The lowest BCUT2D eigenvalue weighted by Crippen LogP contribution is -2.16. The predicted molar refractivity (Wildman–Crippen MR) is 122 cm³/mol. The van der Waals surface area contributed by atoms with Crippen LogP contribution in [0.2, 0.25) is 0 Å². The number of benzene rings is 1. The smallest absolute Gasteiger partial charge is 0.341 e. The zero-order valence-electron chi connectivity index (χ0n) is 16.9. The van der Waals surface area contributed by atoms with Gasteiger partial charge in [-0.3, -0.25) is 4.79 Å². The summed E-state index contributed by atoms with van der Waals surface area (Å²) in [7, 11) is 0. The Morgan fingerprint density at radius 3 is 2.81 bits per heavy atom. The summed E-state index contributed by atoms with van der Waals surface area (Å²) in [5, 5.41) is 6.52. The molecule has 0 aliphatic heterocycles. The van der Waals surface area contributed by atoms with E-state index in [9.17, 15) is 9.59 Å². The molecule has 1 amide bonds. The summed E-state index contributed by atoms with van der Waals surface area (Å²) in [6.07, 6.45) is 1.53. The molecule has 0 saturated heterocycles. The van der Waals surface area contributed by atoms with Crippen LogP contribution in [0.4, 0.5) is 5.00 Å². The third kappa shape index (κ3) is 4.62. The topological polar surface area (TPSA) is 94.3 Å². The fraction of sp³-hybridized carbons (Fsp3) is 0.182. The first-order valence-electron chi connectivity index (χ1n) is 9.55. The van der Waals surface area contributed by atoms with E-state index in [4.69, 9.17) is 9.15 Å². The van der Waals surface area contributed by atoms with Gasteiger partial charge in [0.2, 0.25) is 5.91 Å². The van der Waals surface area contributed by atoms with Gasteiger partial charge in [-0.05, 0) is 32.0 Å². The van der Waals surface area contributed by atoms with Crippen molar-refractivity contribution in [2.45, 2.75) is 19.0 Å². The molecule has 0 aliphatic carbocycles. The van der Waals surface area contributed by atoms with Crippen LogP contribution in [0.25, 0.3) is 22.2 Å². The van der Waals surface area contributed by atoms with E-state index in [1.807, 2.05) is 31.2 Å². The van der Waals surface area contributed by atoms with Crippen molar-refractivity contribution in [1.82, 2.24) is 9.97 Å². The van der Waals surface area contributed by atoms with Crippen molar-refractivity contribution < 1.29 is 18.7 Å². The second-order valence-electron chi connectivity index (χ2n) is 6.50. The van der Waals surface area contributed by atoms with E-state index in [2.05, 4.69) is 15.3 Å². The number of aryl methyl sites for hydroxylation is 1. The van der Waals surface area contributed by atoms with Gasteiger partial charge in [0.05, 0.1) is 24.1 Å². The normalized spacial score (nSPS) is 10.9. The molecular formula is C22H19N3O4S2. The highest BCUT2D eigenvalue weighted by atomic mass is 32.2. The van der Waals surface area contributed by atoms with Crippen LogP contribution >= 0.6 is 23.1 Å². The van der Waals surface area contributed by atoms with Crippen molar-refractivity contribution in [1.29, 1.82) is 0 Å². The van der Waals surface area contributed by atoms with Gasteiger partial charge in [-0.15, -0.1) is 11.3 Å². The standard InChI is InChI=1S/C22H19N3O4S2/c1-3-28-21(27)19-15(17-9-6-10-29-17)11-30-20(19)25-18(26)12-31-22-23-13(2)14-7-4-5-8-16(14)24-22/h4-11H,3,12H2,1-2H3,(H,25,26). The number of hydrogen-bond donors (Lipinski definition) is 1. The number of anilines is 1. The van der Waals surface area contributed by atoms with Crippen molar-refractivity contribution in [2.24, 2.45) is 0 Å². The zero-order valence-corrected chi connectivity index (χ0v) is 18.5. The van der Waals surface area contributed by atoms with Crippen LogP contribution in [-0.2, 0) is 9.53 Å². The molecule has 3 heterocycles. The summed E-state index contributed by atoms with van der Waals surface area (Å²) in [5.74, 6) is -0.132. The number of amides is 1. The molecule has 31 heavy (non-hydrogen) atoms. The van der Waals surface area contributed by atoms with E-state index < -0.39 is 5.97 Å². The molecule has 0 unspecified atom stereocenters. The van der Waals surface area contributed by atoms with Crippen molar-refractivity contribution in [3.8, 4) is 11.3 Å². The second-order valence-corrected chi connectivity index (χ2v) is 8.32.